The summed E-state index contributed by atoms with van der Waals surface area (Å²) in [7, 11) is 1.63. The Morgan fingerprint density at radius 1 is 1.20 bits per heavy atom. The lowest BCUT2D eigenvalue weighted by atomic mass is 10.1. The number of benzene rings is 2. The molecule has 2 aromatic rings. The normalized spacial score (nSPS) is 12.0. The van der Waals surface area contributed by atoms with Crippen LogP contribution < -0.4 is 9.47 Å². The summed E-state index contributed by atoms with van der Waals surface area (Å²) in [5.74, 6) is 1.42. The minimum atomic E-state index is -0.631. The minimum Gasteiger partial charge on any atom is -0.497 e. The number of rotatable bonds is 5. The van der Waals surface area contributed by atoms with Crippen LogP contribution in [-0.2, 0) is 6.61 Å². The van der Waals surface area contributed by atoms with E-state index in [-0.39, 0.29) is 0 Å². The van der Waals surface area contributed by atoms with Gasteiger partial charge in [0.15, 0.2) is 0 Å². The van der Waals surface area contributed by atoms with Gasteiger partial charge in [0, 0.05) is 10.6 Å². The van der Waals surface area contributed by atoms with Crippen LogP contribution in [0.25, 0.3) is 0 Å². The Hall–Kier alpha value is -1.71. The Morgan fingerprint density at radius 3 is 2.70 bits per heavy atom. The van der Waals surface area contributed by atoms with Gasteiger partial charge in [-0.15, -0.1) is 0 Å². The maximum atomic E-state index is 9.75. The number of hydrogen-bond acceptors (Lipinski definition) is 3. The molecule has 0 fully saturated rings. The molecule has 0 saturated carbocycles. The van der Waals surface area contributed by atoms with Gasteiger partial charge >= 0.3 is 0 Å². The van der Waals surface area contributed by atoms with Crippen molar-refractivity contribution >= 4 is 11.6 Å². The van der Waals surface area contributed by atoms with Crippen molar-refractivity contribution in [2.45, 2.75) is 19.6 Å². The monoisotopic (exact) mass is 292 g/mol. The van der Waals surface area contributed by atoms with Crippen LogP contribution in [0.3, 0.4) is 0 Å². The highest BCUT2D eigenvalue weighted by Gasteiger charge is 2.10. The number of halogens is 1. The Balaban J connectivity index is 2.14. The van der Waals surface area contributed by atoms with Crippen LogP contribution in [0.1, 0.15) is 24.2 Å². The number of aliphatic hydroxyl groups is 1. The lowest BCUT2D eigenvalue weighted by molar-refractivity contribution is 0.190. The van der Waals surface area contributed by atoms with Crippen LogP contribution in [0, 0.1) is 0 Å². The Morgan fingerprint density at radius 2 is 2.00 bits per heavy atom. The third-order valence-corrected chi connectivity index (χ3v) is 3.19. The third-order valence-electron chi connectivity index (χ3n) is 2.95. The minimum absolute atomic E-state index is 0.401. The molecule has 0 unspecified atom stereocenters. The molecular weight excluding hydrogens is 276 g/mol. The number of aliphatic hydroxyl groups excluding tert-OH is 1. The van der Waals surface area contributed by atoms with Crippen LogP contribution >= 0.6 is 11.6 Å². The molecule has 0 saturated heterocycles. The lowest BCUT2D eigenvalue weighted by Crippen LogP contribution is -2.01. The van der Waals surface area contributed by atoms with Crippen molar-refractivity contribution in [2.24, 2.45) is 0 Å². The summed E-state index contributed by atoms with van der Waals surface area (Å²) in [6, 6.07) is 12.9. The first kappa shape index (κ1) is 14.7. The van der Waals surface area contributed by atoms with Crippen molar-refractivity contribution in [3.8, 4) is 11.5 Å². The first-order valence-electron chi connectivity index (χ1n) is 6.33. The van der Waals surface area contributed by atoms with E-state index >= 15 is 0 Å². The summed E-state index contributed by atoms with van der Waals surface area (Å²) in [5.41, 5.74) is 1.68. The third kappa shape index (κ3) is 3.65. The molecule has 1 N–H and O–H groups in total. The molecule has 1 atom stereocenters. The molecule has 20 heavy (non-hydrogen) atoms. The Labute approximate surface area is 123 Å². The average molecular weight is 293 g/mol. The van der Waals surface area contributed by atoms with E-state index in [1.165, 1.54) is 0 Å². The summed E-state index contributed by atoms with van der Waals surface area (Å²) in [6.07, 6.45) is -0.631. The average Bonchev–Trinajstić information content (AvgIpc) is 2.46. The Kier molecular flexibility index (Phi) is 4.88. The van der Waals surface area contributed by atoms with Gasteiger partial charge in [-0.1, -0.05) is 23.7 Å². The highest BCUT2D eigenvalue weighted by molar-refractivity contribution is 6.30. The molecule has 0 bridgehead atoms. The largest absolute Gasteiger partial charge is 0.497 e. The van der Waals surface area contributed by atoms with Crippen molar-refractivity contribution in [1.82, 2.24) is 0 Å². The van der Waals surface area contributed by atoms with E-state index in [9.17, 15) is 5.11 Å². The zero-order valence-corrected chi connectivity index (χ0v) is 12.2. The van der Waals surface area contributed by atoms with E-state index in [4.69, 9.17) is 21.1 Å². The molecule has 4 heteroatoms. The van der Waals surface area contributed by atoms with E-state index in [0.29, 0.717) is 22.9 Å². The predicted molar refractivity (Wildman–Crippen MR) is 79.4 cm³/mol. The highest BCUT2D eigenvalue weighted by Crippen LogP contribution is 2.29. The SMILES string of the molecule is COc1cccc(COc2ccc(Cl)cc2[C@H](C)O)c1. The summed E-state index contributed by atoms with van der Waals surface area (Å²) in [6.45, 7) is 2.09. The molecule has 0 amide bonds. The molecule has 0 spiro atoms. The van der Waals surface area contributed by atoms with Gasteiger partial charge in [-0.2, -0.15) is 0 Å². The van der Waals surface area contributed by atoms with Gasteiger partial charge in [0.05, 0.1) is 13.2 Å². The number of hydrogen-bond donors (Lipinski definition) is 1. The maximum Gasteiger partial charge on any atom is 0.125 e. The zero-order chi connectivity index (χ0) is 14.5. The smallest absolute Gasteiger partial charge is 0.125 e. The maximum absolute atomic E-state index is 9.75. The van der Waals surface area contributed by atoms with Crippen molar-refractivity contribution in [2.75, 3.05) is 7.11 Å². The first-order chi connectivity index (χ1) is 9.60. The summed E-state index contributed by atoms with van der Waals surface area (Å²) in [4.78, 5) is 0. The van der Waals surface area contributed by atoms with E-state index in [2.05, 4.69) is 0 Å². The fourth-order valence-electron chi connectivity index (χ4n) is 1.90. The summed E-state index contributed by atoms with van der Waals surface area (Å²) < 4.78 is 10.9. The van der Waals surface area contributed by atoms with Crippen molar-refractivity contribution < 1.29 is 14.6 Å². The zero-order valence-electron chi connectivity index (χ0n) is 11.5. The van der Waals surface area contributed by atoms with Crippen LogP contribution in [0.4, 0.5) is 0 Å². The lowest BCUT2D eigenvalue weighted by Gasteiger charge is -2.14. The molecule has 3 nitrogen and oxygen atoms in total. The van der Waals surface area contributed by atoms with Gasteiger partial charge in [0.25, 0.3) is 0 Å². The predicted octanol–water partition coefficient (Wildman–Crippen LogP) is 3.98. The molecule has 0 aliphatic heterocycles. The first-order valence-corrected chi connectivity index (χ1v) is 6.71. The fourth-order valence-corrected chi connectivity index (χ4v) is 2.08. The molecule has 0 heterocycles. The van der Waals surface area contributed by atoms with Crippen molar-refractivity contribution in [3.05, 3.63) is 58.6 Å². The van der Waals surface area contributed by atoms with Crippen LogP contribution in [0.5, 0.6) is 11.5 Å². The van der Waals surface area contributed by atoms with Gasteiger partial charge in [-0.3, -0.25) is 0 Å². The number of ether oxygens (including phenoxy) is 2. The highest BCUT2D eigenvalue weighted by atomic mass is 35.5. The second kappa shape index (κ2) is 6.64. The molecule has 0 aliphatic carbocycles. The molecule has 0 aromatic heterocycles. The molecule has 106 valence electrons. The van der Waals surface area contributed by atoms with Crippen molar-refractivity contribution in [1.29, 1.82) is 0 Å². The Bertz CT molecular complexity index is 582. The van der Waals surface area contributed by atoms with E-state index < -0.39 is 6.10 Å². The summed E-state index contributed by atoms with van der Waals surface area (Å²) in [5, 5.41) is 10.3. The molecule has 2 rings (SSSR count). The van der Waals surface area contributed by atoms with E-state index in [0.717, 1.165) is 11.3 Å². The number of methoxy groups -OCH3 is 1. The topological polar surface area (TPSA) is 38.7 Å². The molecular formula is C16H17ClO3. The molecule has 2 aromatic carbocycles. The second-order valence-electron chi connectivity index (χ2n) is 4.50. The van der Waals surface area contributed by atoms with Crippen molar-refractivity contribution in [3.63, 3.8) is 0 Å². The quantitative estimate of drug-likeness (QED) is 0.906. The van der Waals surface area contributed by atoms with Crippen LogP contribution in [0.15, 0.2) is 42.5 Å². The van der Waals surface area contributed by atoms with Gasteiger partial charge in [0.2, 0.25) is 0 Å². The molecule has 0 aliphatic rings. The van der Waals surface area contributed by atoms with Gasteiger partial charge in [-0.05, 0) is 42.8 Å². The molecule has 0 radical (unpaired) electrons. The fraction of sp³-hybridized carbons (Fsp3) is 0.250. The van der Waals surface area contributed by atoms with Crippen LogP contribution in [0.2, 0.25) is 5.02 Å². The van der Waals surface area contributed by atoms with Gasteiger partial charge < -0.3 is 14.6 Å². The van der Waals surface area contributed by atoms with E-state index in [1.54, 1.807) is 32.2 Å². The van der Waals surface area contributed by atoms with Gasteiger partial charge in [-0.25, -0.2) is 0 Å². The standard InChI is InChI=1S/C16H17ClO3/c1-11(18)15-9-13(17)6-7-16(15)20-10-12-4-3-5-14(8-12)19-2/h3-9,11,18H,10H2,1-2H3/t11-/m0/s1. The van der Waals surface area contributed by atoms with E-state index in [1.807, 2.05) is 24.3 Å². The van der Waals surface area contributed by atoms with Gasteiger partial charge in [0.1, 0.15) is 18.1 Å². The second-order valence-corrected chi connectivity index (χ2v) is 4.93. The van der Waals surface area contributed by atoms with Crippen LogP contribution in [-0.4, -0.2) is 12.2 Å². The summed E-state index contributed by atoms with van der Waals surface area (Å²) >= 11 is 5.93.